The number of amides is 1. The number of carbonyl (C=O) groups is 2. The zero-order chi connectivity index (χ0) is 16.3. The summed E-state index contributed by atoms with van der Waals surface area (Å²) in [4.78, 5) is 25.6. The van der Waals surface area contributed by atoms with Crippen LogP contribution >= 0.6 is 0 Å². The summed E-state index contributed by atoms with van der Waals surface area (Å²) in [7, 11) is 1.05. The van der Waals surface area contributed by atoms with E-state index in [9.17, 15) is 22.8 Å². The number of alkyl halides is 3. The highest BCUT2D eigenvalue weighted by Gasteiger charge is 2.41. The number of ether oxygens (including phenoxy) is 1. The van der Waals surface area contributed by atoms with Crippen LogP contribution < -0.4 is 5.32 Å². The number of methoxy groups -OCH3 is 1. The fourth-order valence-electron chi connectivity index (χ4n) is 2.10. The first-order valence-electron chi connectivity index (χ1n) is 6.33. The second-order valence-electron chi connectivity index (χ2n) is 4.61. The van der Waals surface area contributed by atoms with Crippen LogP contribution in [-0.2, 0) is 20.7 Å². The Morgan fingerprint density at radius 3 is 2.64 bits per heavy atom. The van der Waals surface area contributed by atoms with Crippen molar-refractivity contribution in [3.8, 4) is 0 Å². The van der Waals surface area contributed by atoms with E-state index in [4.69, 9.17) is 0 Å². The molecule has 0 bridgehead atoms. The molecule has 2 N–H and O–H groups in total. The summed E-state index contributed by atoms with van der Waals surface area (Å²) in [5, 5.41) is 2.42. The van der Waals surface area contributed by atoms with Crippen LogP contribution in [0.25, 0.3) is 10.9 Å². The molecule has 1 aromatic carbocycles. The van der Waals surface area contributed by atoms with E-state index in [-0.39, 0.29) is 6.42 Å². The summed E-state index contributed by atoms with van der Waals surface area (Å²) < 4.78 is 41.5. The standard InChI is InChI=1S/C14H13F3N2O3/c1-22-12(20)11(19-13(21)14(15,16)17)6-8-7-18-10-5-3-2-4-9(8)10/h2-5,7,11,18H,6H2,1H3,(H,19,21)/t11-/m1/s1. The third-order valence-corrected chi connectivity index (χ3v) is 3.15. The lowest BCUT2D eigenvalue weighted by molar-refractivity contribution is -0.175. The van der Waals surface area contributed by atoms with Gasteiger partial charge in [-0.2, -0.15) is 13.2 Å². The van der Waals surface area contributed by atoms with Crippen molar-refractivity contribution in [1.29, 1.82) is 0 Å². The van der Waals surface area contributed by atoms with Crippen LogP contribution in [0.5, 0.6) is 0 Å². The van der Waals surface area contributed by atoms with E-state index in [2.05, 4.69) is 9.72 Å². The smallest absolute Gasteiger partial charge is 0.467 e. The Kier molecular flexibility index (Phi) is 4.39. The third kappa shape index (κ3) is 3.38. The van der Waals surface area contributed by atoms with E-state index in [0.717, 1.165) is 18.0 Å². The zero-order valence-corrected chi connectivity index (χ0v) is 11.5. The van der Waals surface area contributed by atoms with Gasteiger partial charge in [0.1, 0.15) is 6.04 Å². The largest absolute Gasteiger partial charge is 0.471 e. The molecule has 0 saturated heterocycles. The van der Waals surface area contributed by atoms with Crippen molar-refractivity contribution in [2.45, 2.75) is 18.6 Å². The van der Waals surface area contributed by atoms with Gasteiger partial charge in [-0.25, -0.2) is 4.79 Å². The number of aromatic nitrogens is 1. The lowest BCUT2D eigenvalue weighted by atomic mass is 10.0. The SMILES string of the molecule is COC(=O)[C@@H](Cc1c[nH]c2ccccc12)NC(=O)C(F)(F)F. The Hall–Kier alpha value is -2.51. The van der Waals surface area contributed by atoms with Gasteiger partial charge in [0.15, 0.2) is 0 Å². The molecule has 118 valence electrons. The maximum atomic E-state index is 12.3. The van der Waals surface area contributed by atoms with Crippen molar-refractivity contribution >= 4 is 22.8 Å². The predicted molar refractivity (Wildman–Crippen MR) is 72.0 cm³/mol. The van der Waals surface area contributed by atoms with Crippen molar-refractivity contribution in [3.05, 3.63) is 36.0 Å². The van der Waals surface area contributed by atoms with Crippen LogP contribution in [-0.4, -0.2) is 36.2 Å². The molecule has 1 heterocycles. The van der Waals surface area contributed by atoms with Crippen LogP contribution in [0.3, 0.4) is 0 Å². The Balaban J connectivity index is 2.23. The number of H-pyrrole nitrogens is 1. The Morgan fingerprint density at radius 1 is 1.32 bits per heavy atom. The van der Waals surface area contributed by atoms with Crippen LogP contribution in [0.15, 0.2) is 30.5 Å². The summed E-state index contributed by atoms with van der Waals surface area (Å²) in [5.74, 6) is -3.12. The molecule has 2 rings (SSSR count). The summed E-state index contributed by atoms with van der Waals surface area (Å²) in [6.45, 7) is 0. The summed E-state index contributed by atoms with van der Waals surface area (Å²) in [6.07, 6.45) is -3.59. The highest BCUT2D eigenvalue weighted by Crippen LogP contribution is 2.20. The average Bonchev–Trinajstić information content (AvgIpc) is 2.88. The second-order valence-corrected chi connectivity index (χ2v) is 4.61. The molecule has 0 spiro atoms. The number of aromatic amines is 1. The third-order valence-electron chi connectivity index (χ3n) is 3.15. The number of carbonyl (C=O) groups excluding carboxylic acids is 2. The van der Waals surface area contributed by atoms with Gasteiger partial charge < -0.3 is 15.0 Å². The lowest BCUT2D eigenvalue weighted by Gasteiger charge is -2.17. The number of rotatable bonds is 4. The fourth-order valence-corrected chi connectivity index (χ4v) is 2.10. The van der Waals surface area contributed by atoms with E-state index >= 15 is 0 Å². The highest BCUT2D eigenvalue weighted by molar-refractivity contribution is 5.89. The number of fused-ring (bicyclic) bond motifs is 1. The zero-order valence-electron chi connectivity index (χ0n) is 11.5. The maximum absolute atomic E-state index is 12.3. The van der Waals surface area contributed by atoms with Gasteiger partial charge in [0.2, 0.25) is 0 Å². The van der Waals surface area contributed by atoms with Crippen molar-refractivity contribution in [3.63, 3.8) is 0 Å². The van der Waals surface area contributed by atoms with Gasteiger partial charge in [-0.15, -0.1) is 0 Å². The normalized spacial score (nSPS) is 12.9. The monoisotopic (exact) mass is 314 g/mol. The molecule has 0 aliphatic heterocycles. The van der Waals surface area contributed by atoms with E-state index in [1.807, 2.05) is 0 Å². The van der Waals surface area contributed by atoms with Crippen LogP contribution in [0.1, 0.15) is 5.56 Å². The number of hydrogen-bond donors (Lipinski definition) is 2. The molecule has 2 aromatic rings. The highest BCUT2D eigenvalue weighted by atomic mass is 19.4. The molecular weight excluding hydrogens is 301 g/mol. The van der Waals surface area contributed by atoms with Gasteiger partial charge in [-0.05, 0) is 11.6 Å². The molecule has 0 radical (unpaired) electrons. The van der Waals surface area contributed by atoms with Crippen molar-refractivity contribution in [1.82, 2.24) is 10.3 Å². The first kappa shape index (κ1) is 15.9. The predicted octanol–water partition coefficient (Wildman–Crippen LogP) is 1.93. The molecule has 5 nitrogen and oxygen atoms in total. The van der Waals surface area contributed by atoms with Crippen LogP contribution in [0, 0.1) is 0 Å². The minimum absolute atomic E-state index is 0.113. The molecular formula is C14H13F3N2O3. The van der Waals surface area contributed by atoms with E-state index in [0.29, 0.717) is 5.56 Å². The Bertz CT molecular complexity index is 694. The summed E-state index contributed by atoms with van der Waals surface area (Å²) in [6, 6.07) is 5.70. The fraction of sp³-hybridized carbons (Fsp3) is 0.286. The molecule has 1 atom stereocenters. The van der Waals surface area contributed by atoms with E-state index < -0.39 is 24.1 Å². The number of esters is 1. The molecule has 1 aromatic heterocycles. The number of hydrogen-bond acceptors (Lipinski definition) is 3. The van der Waals surface area contributed by atoms with E-state index in [1.54, 1.807) is 35.8 Å². The van der Waals surface area contributed by atoms with Gasteiger partial charge in [0.05, 0.1) is 7.11 Å². The summed E-state index contributed by atoms with van der Waals surface area (Å²) >= 11 is 0. The molecule has 0 unspecified atom stereocenters. The topological polar surface area (TPSA) is 71.2 Å². The van der Waals surface area contributed by atoms with Gasteiger partial charge in [-0.3, -0.25) is 4.79 Å². The van der Waals surface area contributed by atoms with Gasteiger partial charge in [-0.1, -0.05) is 18.2 Å². The number of halogens is 3. The van der Waals surface area contributed by atoms with E-state index in [1.165, 1.54) is 0 Å². The minimum atomic E-state index is -5.06. The average molecular weight is 314 g/mol. The first-order valence-corrected chi connectivity index (χ1v) is 6.33. The van der Waals surface area contributed by atoms with Crippen molar-refractivity contribution < 1.29 is 27.5 Å². The van der Waals surface area contributed by atoms with Crippen molar-refractivity contribution in [2.75, 3.05) is 7.11 Å². The summed E-state index contributed by atoms with van der Waals surface area (Å²) in [5.41, 5.74) is 1.39. The Labute approximate surface area is 123 Å². The molecule has 22 heavy (non-hydrogen) atoms. The first-order chi connectivity index (χ1) is 10.3. The molecule has 1 amide bonds. The van der Waals surface area contributed by atoms with Gasteiger partial charge in [0.25, 0.3) is 0 Å². The minimum Gasteiger partial charge on any atom is -0.467 e. The molecule has 0 fully saturated rings. The molecule has 0 aliphatic carbocycles. The Morgan fingerprint density at radius 2 is 2.00 bits per heavy atom. The van der Waals surface area contributed by atoms with Crippen molar-refractivity contribution in [2.24, 2.45) is 0 Å². The molecule has 8 heteroatoms. The van der Waals surface area contributed by atoms with Crippen LogP contribution in [0.4, 0.5) is 13.2 Å². The van der Waals surface area contributed by atoms with Gasteiger partial charge in [0, 0.05) is 23.5 Å². The van der Waals surface area contributed by atoms with Gasteiger partial charge >= 0.3 is 18.1 Å². The van der Waals surface area contributed by atoms with Crippen LogP contribution in [0.2, 0.25) is 0 Å². The second kappa shape index (κ2) is 6.08. The quantitative estimate of drug-likeness (QED) is 0.847. The number of benzene rings is 1. The lowest BCUT2D eigenvalue weighted by Crippen LogP contribution is -2.48. The molecule has 0 aliphatic rings. The number of nitrogens with one attached hydrogen (secondary N) is 2. The number of para-hydroxylation sites is 1. The maximum Gasteiger partial charge on any atom is 0.471 e. The molecule has 0 saturated carbocycles.